The SMILES string of the molecule is CN=C(NCc1ccc(N2CC=CC2)cc1)NC(C)(C)C. The first-order chi connectivity index (χ1) is 9.98. The van der Waals surface area contributed by atoms with Crippen molar-refractivity contribution in [2.24, 2.45) is 4.99 Å². The molecule has 1 aromatic rings. The zero-order valence-corrected chi connectivity index (χ0v) is 13.5. The van der Waals surface area contributed by atoms with E-state index in [1.165, 1.54) is 11.3 Å². The Balaban J connectivity index is 1.88. The summed E-state index contributed by atoms with van der Waals surface area (Å²) in [5.74, 6) is 0.829. The minimum atomic E-state index is 0.00839. The molecule has 1 aromatic carbocycles. The molecule has 2 rings (SSSR count). The minimum Gasteiger partial charge on any atom is -0.364 e. The summed E-state index contributed by atoms with van der Waals surface area (Å²) < 4.78 is 0. The lowest BCUT2D eigenvalue weighted by atomic mass is 10.1. The summed E-state index contributed by atoms with van der Waals surface area (Å²) in [4.78, 5) is 6.59. The molecule has 114 valence electrons. The lowest BCUT2D eigenvalue weighted by molar-refractivity contribution is 0.501. The first-order valence-electron chi connectivity index (χ1n) is 7.46. The second-order valence-corrected chi connectivity index (χ2v) is 6.34. The highest BCUT2D eigenvalue weighted by Crippen LogP contribution is 2.17. The zero-order valence-electron chi connectivity index (χ0n) is 13.5. The van der Waals surface area contributed by atoms with Crippen LogP contribution in [0, 0.1) is 0 Å². The summed E-state index contributed by atoms with van der Waals surface area (Å²) in [5, 5.41) is 6.70. The van der Waals surface area contributed by atoms with Gasteiger partial charge in [-0.2, -0.15) is 0 Å². The molecule has 0 spiro atoms. The van der Waals surface area contributed by atoms with E-state index in [1.807, 2.05) is 0 Å². The molecule has 4 heteroatoms. The third kappa shape index (κ3) is 4.81. The number of nitrogens with zero attached hydrogens (tertiary/aromatic N) is 2. The van der Waals surface area contributed by atoms with Crippen molar-refractivity contribution in [3.63, 3.8) is 0 Å². The number of nitrogens with one attached hydrogen (secondary N) is 2. The zero-order chi connectivity index (χ0) is 15.3. The number of aliphatic imine (C=N–C) groups is 1. The largest absolute Gasteiger partial charge is 0.364 e. The van der Waals surface area contributed by atoms with E-state index in [4.69, 9.17) is 0 Å². The van der Waals surface area contributed by atoms with Crippen molar-refractivity contribution in [2.75, 3.05) is 25.0 Å². The Hall–Kier alpha value is -1.97. The molecule has 1 aliphatic heterocycles. The van der Waals surface area contributed by atoms with E-state index >= 15 is 0 Å². The van der Waals surface area contributed by atoms with Crippen LogP contribution >= 0.6 is 0 Å². The van der Waals surface area contributed by atoms with Gasteiger partial charge in [-0.15, -0.1) is 0 Å². The molecule has 0 bridgehead atoms. The van der Waals surface area contributed by atoms with E-state index in [0.29, 0.717) is 0 Å². The van der Waals surface area contributed by atoms with Crippen LogP contribution in [-0.4, -0.2) is 31.6 Å². The van der Waals surface area contributed by atoms with E-state index in [-0.39, 0.29) is 5.54 Å². The molecule has 21 heavy (non-hydrogen) atoms. The molecule has 1 aliphatic rings. The van der Waals surface area contributed by atoms with Crippen LogP contribution in [0.4, 0.5) is 5.69 Å². The normalized spacial score (nSPS) is 15.4. The predicted octanol–water partition coefficient (Wildman–Crippen LogP) is 2.53. The fourth-order valence-corrected chi connectivity index (χ4v) is 2.23. The third-order valence-corrected chi connectivity index (χ3v) is 3.30. The van der Waals surface area contributed by atoms with Crippen LogP contribution in [0.2, 0.25) is 0 Å². The summed E-state index contributed by atoms with van der Waals surface area (Å²) in [7, 11) is 1.80. The third-order valence-electron chi connectivity index (χ3n) is 3.30. The second kappa shape index (κ2) is 6.66. The van der Waals surface area contributed by atoms with Gasteiger partial charge in [-0.25, -0.2) is 0 Å². The maximum absolute atomic E-state index is 4.25. The lowest BCUT2D eigenvalue weighted by Crippen LogP contribution is -2.47. The molecule has 0 aromatic heterocycles. The Labute approximate surface area is 128 Å². The first-order valence-corrected chi connectivity index (χ1v) is 7.46. The van der Waals surface area contributed by atoms with Gasteiger partial charge in [0, 0.05) is 37.9 Å². The summed E-state index contributed by atoms with van der Waals surface area (Å²) in [6, 6.07) is 8.71. The molecule has 0 fully saturated rings. The Morgan fingerprint density at radius 2 is 1.76 bits per heavy atom. The Kier molecular flexibility index (Phi) is 4.89. The van der Waals surface area contributed by atoms with Crippen molar-refractivity contribution in [3.05, 3.63) is 42.0 Å². The van der Waals surface area contributed by atoms with Gasteiger partial charge in [0.05, 0.1) is 0 Å². The molecular weight excluding hydrogens is 260 g/mol. The molecule has 4 nitrogen and oxygen atoms in total. The van der Waals surface area contributed by atoms with Crippen LogP contribution in [0.15, 0.2) is 41.4 Å². The highest BCUT2D eigenvalue weighted by atomic mass is 15.2. The molecule has 0 aliphatic carbocycles. The first kappa shape index (κ1) is 15.4. The van der Waals surface area contributed by atoms with Gasteiger partial charge in [-0.05, 0) is 38.5 Å². The summed E-state index contributed by atoms with van der Waals surface area (Å²) in [6.45, 7) is 9.17. The van der Waals surface area contributed by atoms with Gasteiger partial charge in [0.25, 0.3) is 0 Å². The number of benzene rings is 1. The summed E-state index contributed by atoms with van der Waals surface area (Å²) in [5.41, 5.74) is 2.54. The van der Waals surface area contributed by atoms with Crippen LogP contribution in [0.3, 0.4) is 0 Å². The number of hydrogen-bond acceptors (Lipinski definition) is 2. The van der Waals surface area contributed by atoms with Crippen LogP contribution in [0.25, 0.3) is 0 Å². The maximum Gasteiger partial charge on any atom is 0.191 e. The number of hydrogen-bond donors (Lipinski definition) is 2. The maximum atomic E-state index is 4.25. The van der Waals surface area contributed by atoms with E-state index in [1.54, 1.807) is 7.05 Å². The monoisotopic (exact) mass is 286 g/mol. The minimum absolute atomic E-state index is 0.00839. The molecule has 2 N–H and O–H groups in total. The number of rotatable bonds is 3. The van der Waals surface area contributed by atoms with Crippen molar-refractivity contribution >= 4 is 11.6 Å². The van der Waals surface area contributed by atoms with Gasteiger partial charge >= 0.3 is 0 Å². The van der Waals surface area contributed by atoms with Crippen molar-refractivity contribution < 1.29 is 0 Å². The average molecular weight is 286 g/mol. The van der Waals surface area contributed by atoms with Gasteiger partial charge in [-0.1, -0.05) is 24.3 Å². The van der Waals surface area contributed by atoms with Crippen LogP contribution in [0.1, 0.15) is 26.3 Å². The Morgan fingerprint density at radius 3 is 2.29 bits per heavy atom. The highest BCUT2D eigenvalue weighted by Gasteiger charge is 2.11. The highest BCUT2D eigenvalue weighted by molar-refractivity contribution is 5.80. The van der Waals surface area contributed by atoms with Gasteiger partial charge in [0.1, 0.15) is 0 Å². The average Bonchev–Trinajstić information content (AvgIpc) is 2.97. The van der Waals surface area contributed by atoms with Gasteiger partial charge in [0.15, 0.2) is 5.96 Å². The van der Waals surface area contributed by atoms with Crippen LogP contribution < -0.4 is 15.5 Å². The lowest BCUT2D eigenvalue weighted by Gasteiger charge is -2.24. The van der Waals surface area contributed by atoms with E-state index < -0.39 is 0 Å². The smallest absolute Gasteiger partial charge is 0.191 e. The molecule has 0 atom stereocenters. The van der Waals surface area contributed by atoms with E-state index in [2.05, 4.69) is 77.7 Å². The van der Waals surface area contributed by atoms with E-state index in [9.17, 15) is 0 Å². The molecule has 0 radical (unpaired) electrons. The molecule has 1 heterocycles. The molecule has 0 unspecified atom stereocenters. The quantitative estimate of drug-likeness (QED) is 0.509. The Bertz CT molecular complexity index is 501. The topological polar surface area (TPSA) is 39.7 Å². The summed E-state index contributed by atoms with van der Waals surface area (Å²) in [6.07, 6.45) is 4.41. The fourth-order valence-electron chi connectivity index (χ4n) is 2.23. The predicted molar refractivity (Wildman–Crippen MR) is 90.9 cm³/mol. The fraction of sp³-hybridized carbons (Fsp3) is 0.471. The molecule has 0 saturated heterocycles. The van der Waals surface area contributed by atoms with Gasteiger partial charge in [-0.3, -0.25) is 4.99 Å². The van der Waals surface area contributed by atoms with Crippen LogP contribution in [0.5, 0.6) is 0 Å². The van der Waals surface area contributed by atoms with Gasteiger partial charge in [0.2, 0.25) is 0 Å². The number of guanidine groups is 1. The van der Waals surface area contributed by atoms with E-state index in [0.717, 1.165) is 25.6 Å². The Morgan fingerprint density at radius 1 is 1.14 bits per heavy atom. The van der Waals surface area contributed by atoms with Crippen molar-refractivity contribution in [1.29, 1.82) is 0 Å². The van der Waals surface area contributed by atoms with Crippen molar-refractivity contribution in [1.82, 2.24) is 10.6 Å². The van der Waals surface area contributed by atoms with Crippen molar-refractivity contribution in [2.45, 2.75) is 32.9 Å². The van der Waals surface area contributed by atoms with Crippen LogP contribution in [-0.2, 0) is 6.54 Å². The number of anilines is 1. The molecule has 0 saturated carbocycles. The standard InChI is InChI=1S/C17H26N4/c1-17(2,3)20-16(18-4)19-13-14-7-9-15(10-8-14)21-11-5-6-12-21/h5-10H,11-13H2,1-4H3,(H2,18,19,20). The molecular formula is C17H26N4. The molecule has 0 amide bonds. The second-order valence-electron chi connectivity index (χ2n) is 6.34. The summed E-state index contributed by atoms with van der Waals surface area (Å²) >= 11 is 0. The van der Waals surface area contributed by atoms with Crippen molar-refractivity contribution in [3.8, 4) is 0 Å². The van der Waals surface area contributed by atoms with Gasteiger partial charge < -0.3 is 15.5 Å².